The number of thioether (sulfide) groups is 1. The summed E-state index contributed by atoms with van der Waals surface area (Å²) in [7, 11) is -0.386. The zero-order valence-electron chi connectivity index (χ0n) is 14.3. The van der Waals surface area contributed by atoms with Gasteiger partial charge in [0.15, 0.2) is 0 Å². The lowest BCUT2D eigenvalue weighted by Gasteiger charge is -2.12. The molecule has 2 rings (SSSR count). The number of amides is 1. The number of hydrogen-bond acceptors (Lipinski definition) is 4. The van der Waals surface area contributed by atoms with Gasteiger partial charge in [-0.25, -0.2) is 12.7 Å². The van der Waals surface area contributed by atoms with Crippen molar-refractivity contribution in [2.75, 3.05) is 25.2 Å². The molecule has 0 unspecified atom stereocenters. The summed E-state index contributed by atoms with van der Waals surface area (Å²) in [5.74, 6) is 1.31. The molecule has 0 atom stereocenters. The summed E-state index contributed by atoms with van der Waals surface area (Å²) >= 11 is 1.60. The SMILES string of the molecule is CN(C)S(=O)(=O)c1cccc(CSCCC(=O)Nc2ccccc2)c1. The monoisotopic (exact) mass is 378 g/mol. The van der Waals surface area contributed by atoms with Crippen molar-refractivity contribution in [2.45, 2.75) is 17.1 Å². The van der Waals surface area contributed by atoms with Crippen molar-refractivity contribution in [3.63, 3.8) is 0 Å². The summed E-state index contributed by atoms with van der Waals surface area (Å²) in [6, 6.07) is 16.3. The Morgan fingerprint density at radius 1 is 1.08 bits per heavy atom. The van der Waals surface area contributed by atoms with Crippen LogP contribution in [0.2, 0.25) is 0 Å². The van der Waals surface area contributed by atoms with Crippen LogP contribution in [0.1, 0.15) is 12.0 Å². The lowest BCUT2D eigenvalue weighted by molar-refractivity contribution is -0.115. The smallest absolute Gasteiger partial charge is 0.242 e. The first-order valence-electron chi connectivity index (χ1n) is 7.84. The minimum absolute atomic E-state index is 0.0253. The molecule has 0 radical (unpaired) electrons. The van der Waals surface area contributed by atoms with E-state index in [1.807, 2.05) is 36.4 Å². The Morgan fingerprint density at radius 3 is 2.48 bits per heavy atom. The number of carbonyl (C=O) groups excluding carboxylic acids is 1. The number of anilines is 1. The molecule has 0 bridgehead atoms. The number of para-hydroxylation sites is 1. The molecule has 0 aliphatic heterocycles. The molecular weight excluding hydrogens is 356 g/mol. The predicted octanol–water partition coefficient (Wildman–Crippen LogP) is 3.20. The van der Waals surface area contributed by atoms with Gasteiger partial charge in [0.05, 0.1) is 4.90 Å². The third kappa shape index (κ3) is 5.88. The van der Waals surface area contributed by atoms with E-state index in [2.05, 4.69) is 5.32 Å². The van der Waals surface area contributed by atoms with Crippen molar-refractivity contribution in [1.82, 2.24) is 4.31 Å². The fraction of sp³-hybridized carbons (Fsp3) is 0.278. The van der Waals surface area contributed by atoms with Crippen LogP contribution in [0.4, 0.5) is 5.69 Å². The fourth-order valence-corrected chi connectivity index (χ4v) is 3.97. The van der Waals surface area contributed by atoms with Gasteiger partial charge in [0.25, 0.3) is 0 Å². The number of benzene rings is 2. The second-order valence-electron chi connectivity index (χ2n) is 5.65. The van der Waals surface area contributed by atoms with E-state index >= 15 is 0 Å². The Bertz CT molecular complexity index is 806. The maximum absolute atomic E-state index is 12.1. The van der Waals surface area contributed by atoms with Crippen molar-refractivity contribution >= 4 is 33.4 Å². The average molecular weight is 379 g/mol. The molecule has 5 nitrogen and oxygen atoms in total. The molecule has 0 aliphatic rings. The minimum Gasteiger partial charge on any atom is -0.326 e. The zero-order chi connectivity index (χ0) is 18.3. The van der Waals surface area contributed by atoms with Gasteiger partial charge in [-0.3, -0.25) is 4.79 Å². The number of sulfonamides is 1. The molecule has 134 valence electrons. The first-order valence-corrected chi connectivity index (χ1v) is 10.4. The van der Waals surface area contributed by atoms with Crippen LogP contribution in [0, 0.1) is 0 Å². The summed E-state index contributed by atoms with van der Waals surface area (Å²) in [4.78, 5) is 12.2. The molecule has 0 heterocycles. The zero-order valence-corrected chi connectivity index (χ0v) is 15.9. The second kappa shape index (κ2) is 9.03. The number of rotatable bonds is 8. The van der Waals surface area contributed by atoms with Crippen LogP contribution in [-0.4, -0.2) is 38.5 Å². The highest BCUT2D eigenvalue weighted by molar-refractivity contribution is 7.98. The van der Waals surface area contributed by atoms with Crippen molar-refractivity contribution in [3.8, 4) is 0 Å². The maximum Gasteiger partial charge on any atom is 0.242 e. The molecule has 0 fully saturated rings. The number of nitrogens with one attached hydrogen (secondary N) is 1. The second-order valence-corrected chi connectivity index (χ2v) is 8.91. The Kier molecular flexibility index (Phi) is 7.04. The van der Waals surface area contributed by atoms with Gasteiger partial charge in [0, 0.05) is 37.7 Å². The number of carbonyl (C=O) groups is 1. The molecule has 2 aromatic carbocycles. The van der Waals surface area contributed by atoms with Gasteiger partial charge in [-0.1, -0.05) is 30.3 Å². The lowest BCUT2D eigenvalue weighted by atomic mass is 10.2. The van der Waals surface area contributed by atoms with Crippen molar-refractivity contribution in [3.05, 3.63) is 60.2 Å². The van der Waals surface area contributed by atoms with Gasteiger partial charge in [-0.15, -0.1) is 0 Å². The molecule has 0 aromatic heterocycles. The van der Waals surface area contributed by atoms with Gasteiger partial charge < -0.3 is 5.32 Å². The third-order valence-corrected chi connectivity index (χ3v) is 6.32. The van der Waals surface area contributed by atoms with Crippen LogP contribution >= 0.6 is 11.8 Å². The van der Waals surface area contributed by atoms with Crippen molar-refractivity contribution in [2.24, 2.45) is 0 Å². The Hall–Kier alpha value is -1.83. The topological polar surface area (TPSA) is 66.5 Å². The van der Waals surface area contributed by atoms with Crippen LogP contribution < -0.4 is 5.32 Å². The molecule has 25 heavy (non-hydrogen) atoms. The molecule has 1 amide bonds. The molecule has 0 saturated carbocycles. The molecule has 0 spiro atoms. The summed E-state index contributed by atoms with van der Waals surface area (Å²) < 4.78 is 25.5. The number of hydrogen-bond donors (Lipinski definition) is 1. The average Bonchev–Trinajstić information content (AvgIpc) is 2.60. The van der Waals surface area contributed by atoms with Gasteiger partial charge in [0.1, 0.15) is 0 Å². The van der Waals surface area contributed by atoms with Crippen LogP contribution in [0.25, 0.3) is 0 Å². The quantitative estimate of drug-likeness (QED) is 0.717. The normalized spacial score (nSPS) is 11.5. The lowest BCUT2D eigenvalue weighted by Crippen LogP contribution is -2.22. The van der Waals surface area contributed by atoms with Crippen LogP contribution in [0.5, 0.6) is 0 Å². The van der Waals surface area contributed by atoms with Crippen molar-refractivity contribution < 1.29 is 13.2 Å². The van der Waals surface area contributed by atoms with Crippen LogP contribution in [-0.2, 0) is 20.6 Å². The highest BCUT2D eigenvalue weighted by atomic mass is 32.2. The van der Waals surface area contributed by atoms with E-state index in [9.17, 15) is 13.2 Å². The molecule has 0 aliphatic carbocycles. The summed E-state index contributed by atoms with van der Waals surface area (Å²) in [6.07, 6.45) is 0.412. The Labute approximate surface area is 153 Å². The van der Waals surface area contributed by atoms with E-state index in [-0.39, 0.29) is 10.8 Å². The highest BCUT2D eigenvalue weighted by Gasteiger charge is 2.17. The number of nitrogens with zero attached hydrogens (tertiary/aromatic N) is 1. The van der Waals surface area contributed by atoms with E-state index in [0.29, 0.717) is 17.9 Å². The Balaban J connectivity index is 1.81. The largest absolute Gasteiger partial charge is 0.326 e. The first-order chi connectivity index (χ1) is 11.9. The first kappa shape index (κ1) is 19.5. The summed E-state index contributed by atoms with van der Waals surface area (Å²) in [5, 5.41) is 2.84. The summed E-state index contributed by atoms with van der Waals surface area (Å²) in [5.41, 5.74) is 1.72. The van der Waals surface area contributed by atoms with Crippen LogP contribution in [0.15, 0.2) is 59.5 Å². The molecule has 7 heteroatoms. The van der Waals surface area contributed by atoms with Gasteiger partial charge >= 0.3 is 0 Å². The van der Waals surface area contributed by atoms with Gasteiger partial charge in [-0.2, -0.15) is 11.8 Å². The van der Waals surface area contributed by atoms with E-state index in [1.54, 1.807) is 30.0 Å². The molecular formula is C18H22N2O3S2. The van der Waals surface area contributed by atoms with E-state index < -0.39 is 10.0 Å². The van der Waals surface area contributed by atoms with Crippen LogP contribution in [0.3, 0.4) is 0 Å². The maximum atomic E-state index is 12.1. The predicted molar refractivity (Wildman–Crippen MR) is 103 cm³/mol. The molecule has 2 aromatic rings. The summed E-state index contributed by atoms with van der Waals surface area (Å²) in [6.45, 7) is 0. The van der Waals surface area contributed by atoms with E-state index in [1.165, 1.54) is 18.4 Å². The third-order valence-electron chi connectivity index (χ3n) is 3.48. The van der Waals surface area contributed by atoms with E-state index in [4.69, 9.17) is 0 Å². The van der Waals surface area contributed by atoms with Crippen molar-refractivity contribution in [1.29, 1.82) is 0 Å². The fourth-order valence-electron chi connectivity index (χ4n) is 2.11. The van der Waals surface area contributed by atoms with Gasteiger partial charge in [0.2, 0.25) is 15.9 Å². The van der Waals surface area contributed by atoms with E-state index in [0.717, 1.165) is 11.3 Å². The minimum atomic E-state index is -3.42. The standard InChI is InChI=1S/C18H22N2O3S2/c1-20(2)25(22,23)17-10-6-7-15(13-17)14-24-12-11-18(21)19-16-8-4-3-5-9-16/h3-10,13H,11-12,14H2,1-2H3,(H,19,21). The Morgan fingerprint density at radius 2 is 1.80 bits per heavy atom. The highest BCUT2D eigenvalue weighted by Crippen LogP contribution is 2.19. The molecule has 0 saturated heterocycles. The molecule has 1 N–H and O–H groups in total. The van der Waals surface area contributed by atoms with Gasteiger partial charge in [-0.05, 0) is 29.8 Å².